The second-order valence-electron chi connectivity index (χ2n) is 6.69. The highest BCUT2D eigenvalue weighted by Crippen LogP contribution is 2.26. The Balaban J connectivity index is 2.38. The molecule has 0 aliphatic carbocycles. The van der Waals surface area contributed by atoms with Crippen molar-refractivity contribution in [2.75, 3.05) is 26.2 Å². The van der Waals surface area contributed by atoms with Gasteiger partial charge >= 0.3 is 6.09 Å². The standard InChI is InChI=1S/C16H26N2O4/c1-6-9-17-13(19)12-21-16(5)7-10-18(11-8-16)14(20)22-15(2,3)4/h1H,7-12H2,2-5H3,(H,17,19). The van der Waals surface area contributed by atoms with Crippen LogP contribution >= 0.6 is 0 Å². The van der Waals surface area contributed by atoms with Gasteiger partial charge in [-0.05, 0) is 40.5 Å². The second-order valence-corrected chi connectivity index (χ2v) is 6.69. The van der Waals surface area contributed by atoms with Gasteiger partial charge in [0.05, 0.1) is 12.1 Å². The van der Waals surface area contributed by atoms with Crippen molar-refractivity contribution in [3.63, 3.8) is 0 Å². The normalized spacial score (nSPS) is 17.5. The van der Waals surface area contributed by atoms with Gasteiger partial charge in [0.2, 0.25) is 5.91 Å². The predicted molar refractivity (Wildman–Crippen MR) is 83.2 cm³/mol. The minimum Gasteiger partial charge on any atom is -0.444 e. The molecule has 0 bridgehead atoms. The van der Waals surface area contributed by atoms with Crippen LogP contribution in [0.25, 0.3) is 0 Å². The molecule has 124 valence electrons. The van der Waals surface area contributed by atoms with Crippen molar-refractivity contribution in [1.29, 1.82) is 0 Å². The number of hydrogen-bond acceptors (Lipinski definition) is 4. The molecule has 6 nitrogen and oxygen atoms in total. The Labute approximate surface area is 132 Å². The smallest absolute Gasteiger partial charge is 0.410 e. The average molecular weight is 310 g/mol. The molecule has 1 aliphatic heterocycles. The molecule has 1 heterocycles. The lowest BCUT2D eigenvalue weighted by Gasteiger charge is -2.39. The van der Waals surface area contributed by atoms with Gasteiger partial charge in [-0.25, -0.2) is 4.79 Å². The fourth-order valence-corrected chi connectivity index (χ4v) is 2.07. The lowest BCUT2D eigenvalue weighted by Crippen LogP contribution is -2.48. The molecule has 0 atom stereocenters. The van der Waals surface area contributed by atoms with Crippen molar-refractivity contribution in [3.05, 3.63) is 0 Å². The van der Waals surface area contributed by atoms with Crippen LogP contribution in [0.3, 0.4) is 0 Å². The van der Waals surface area contributed by atoms with Crippen LogP contribution in [0.15, 0.2) is 0 Å². The molecular weight excluding hydrogens is 284 g/mol. The number of ether oxygens (including phenoxy) is 2. The lowest BCUT2D eigenvalue weighted by molar-refractivity contribution is -0.135. The van der Waals surface area contributed by atoms with Gasteiger partial charge in [-0.15, -0.1) is 6.42 Å². The van der Waals surface area contributed by atoms with Crippen molar-refractivity contribution in [2.24, 2.45) is 0 Å². The van der Waals surface area contributed by atoms with Crippen molar-refractivity contribution in [3.8, 4) is 12.3 Å². The summed E-state index contributed by atoms with van der Waals surface area (Å²) in [5, 5.41) is 2.56. The largest absolute Gasteiger partial charge is 0.444 e. The van der Waals surface area contributed by atoms with Gasteiger partial charge in [-0.2, -0.15) is 0 Å². The maximum Gasteiger partial charge on any atom is 0.410 e. The average Bonchev–Trinajstić information content (AvgIpc) is 2.42. The first-order valence-electron chi connectivity index (χ1n) is 7.47. The minimum absolute atomic E-state index is 0.0232. The van der Waals surface area contributed by atoms with Gasteiger partial charge in [0, 0.05) is 13.1 Å². The molecule has 1 fully saturated rings. The third-order valence-corrected chi connectivity index (χ3v) is 3.41. The molecule has 0 unspecified atom stereocenters. The van der Waals surface area contributed by atoms with Crippen LogP contribution in [0.1, 0.15) is 40.5 Å². The molecule has 1 saturated heterocycles. The third kappa shape index (κ3) is 6.35. The van der Waals surface area contributed by atoms with E-state index in [1.54, 1.807) is 4.90 Å². The molecule has 0 aromatic rings. The summed E-state index contributed by atoms with van der Waals surface area (Å²) in [6.07, 6.45) is 6.09. The number of terminal acetylenes is 1. The Morgan fingerprint density at radius 2 is 1.91 bits per heavy atom. The molecule has 0 spiro atoms. The van der Waals surface area contributed by atoms with E-state index >= 15 is 0 Å². The maximum atomic E-state index is 12.0. The van der Waals surface area contributed by atoms with E-state index in [1.165, 1.54) is 0 Å². The van der Waals surface area contributed by atoms with E-state index in [-0.39, 0.29) is 25.2 Å². The van der Waals surface area contributed by atoms with Crippen molar-refractivity contribution >= 4 is 12.0 Å². The molecule has 1 N–H and O–H groups in total. The maximum absolute atomic E-state index is 12.0. The van der Waals surface area contributed by atoms with E-state index in [1.807, 2.05) is 27.7 Å². The number of amides is 2. The number of nitrogens with zero attached hydrogens (tertiary/aromatic N) is 1. The third-order valence-electron chi connectivity index (χ3n) is 3.41. The summed E-state index contributed by atoms with van der Waals surface area (Å²) in [7, 11) is 0. The first kappa shape index (κ1) is 18.3. The van der Waals surface area contributed by atoms with E-state index < -0.39 is 11.2 Å². The zero-order chi connectivity index (χ0) is 16.8. The molecule has 0 saturated carbocycles. The van der Waals surface area contributed by atoms with Crippen LogP contribution in [0.5, 0.6) is 0 Å². The van der Waals surface area contributed by atoms with Crippen LogP contribution in [0.2, 0.25) is 0 Å². The Bertz CT molecular complexity index is 440. The monoisotopic (exact) mass is 310 g/mol. The van der Waals surface area contributed by atoms with E-state index in [0.717, 1.165) is 0 Å². The van der Waals surface area contributed by atoms with E-state index in [0.29, 0.717) is 25.9 Å². The van der Waals surface area contributed by atoms with E-state index in [4.69, 9.17) is 15.9 Å². The van der Waals surface area contributed by atoms with Gasteiger partial charge in [-0.3, -0.25) is 4.79 Å². The number of likely N-dealkylation sites (tertiary alicyclic amines) is 1. The molecule has 1 aliphatic rings. The summed E-state index contributed by atoms with van der Waals surface area (Å²) in [5.74, 6) is 2.11. The summed E-state index contributed by atoms with van der Waals surface area (Å²) in [6, 6.07) is 0. The summed E-state index contributed by atoms with van der Waals surface area (Å²) < 4.78 is 11.0. The van der Waals surface area contributed by atoms with Crippen molar-refractivity contribution in [1.82, 2.24) is 10.2 Å². The number of piperidine rings is 1. The zero-order valence-corrected chi connectivity index (χ0v) is 13.9. The van der Waals surface area contributed by atoms with Gasteiger partial charge < -0.3 is 19.7 Å². The first-order valence-corrected chi connectivity index (χ1v) is 7.47. The highest BCUT2D eigenvalue weighted by molar-refractivity contribution is 5.77. The molecule has 1 rings (SSSR count). The molecular formula is C16H26N2O4. The van der Waals surface area contributed by atoms with Crippen LogP contribution in [0.4, 0.5) is 4.79 Å². The summed E-state index contributed by atoms with van der Waals surface area (Å²) in [5.41, 5.74) is -0.907. The van der Waals surface area contributed by atoms with Gasteiger partial charge in [0.25, 0.3) is 0 Å². The van der Waals surface area contributed by atoms with Crippen molar-refractivity contribution in [2.45, 2.75) is 51.7 Å². The molecule has 22 heavy (non-hydrogen) atoms. The topological polar surface area (TPSA) is 67.9 Å². The molecule has 0 aromatic heterocycles. The second kappa shape index (κ2) is 7.50. The van der Waals surface area contributed by atoms with E-state index in [2.05, 4.69) is 11.2 Å². The Morgan fingerprint density at radius 3 is 2.41 bits per heavy atom. The Kier molecular flexibility index (Phi) is 6.24. The van der Waals surface area contributed by atoms with Gasteiger partial charge in [0.15, 0.2) is 0 Å². The zero-order valence-electron chi connectivity index (χ0n) is 13.9. The lowest BCUT2D eigenvalue weighted by atomic mass is 9.93. The Hall–Kier alpha value is -1.74. The minimum atomic E-state index is -0.497. The van der Waals surface area contributed by atoms with Gasteiger partial charge in [-0.1, -0.05) is 5.92 Å². The predicted octanol–water partition coefficient (Wildman–Crippen LogP) is 1.54. The number of rotatable bonds is 4. The first-order chi connectivity index (χ1) is 10.2. The molecule has 0 radical (unpaired) electrons. The fourth-order valence-electron chi connectivity index (χ4n) is 2.07. The molecule has 0 aromatic carbocycles. The van der Waals surface area contributed by atoms with Crippen LogP contribution in [-0.2, 0) is 14.3 Å². The summed E-state index contributed by atoms with van der Waals surface area (Å²) in [6.45, 7) is 8.77. The quantitative estimate of drug-likeness (QED) is 0.800. The summed E-state index contributed by atoms with van der Waals surface area (Å²) >= 11 is 0. The van der Waals surface area contributed by atoms with Crippen LogP contribution < -0.4 is 5.32 Å². The highest BCUT2D eigenvalue weighted by atomic mass is 16.6. The number of carbonyl (C=O) groups excluding carboxylic acids is 2. The number of hydrogen-bond donors (Lipinski definition) is 1. The van der Waals surface area contributed by atoms with E-state index in [9.17, 15) is 9.59 Å². The van der Waals surface area contributed by atoms with Crippen LogP contribution in [0, 0.1) is 12.3 Å². The highest BCUT2D eigenvalue weighted by Gasteiger charge is 2.34. The Morgan fingerprint density at radius 1 is 1.32 bits per heavy atom. The SMILES string of the molecule is C#CCNC(=O)COC1(C)CCN(C(=O)OC(C)(C)C)CC1. The fraction of sp³-hybridized carbons (Fsp3) is 0.750. The number of carbonyl (C=O) groups is 2. The molecule has 2 amide bonds. The van der Waals surface area contributed by atoms with Crippen molar-refractivity contribution < 1.29 is 19.1 Å². The van der Waals surface area contributed by atoms with Crippen LogP contribution in [-0.4, -0.2) is 54.3 Å². The van der Waals surface area contributed by atoms with Gasteiger partial charge in [0.1, 0.15) is 12.2 Å². The summed E-state index contributed by atoms with van der Waals surface area (Å²) in [4.78, 5) is 25.2. The number of nitrogens with one attached hydrogen (secondary N) is 1. The molecule has 6 heteroatoms.